The van der Waals surface area contributed by atoms with Gasteiger partial charge in [0.15, 0.2) is 0 Å². The molecule has 2 rings (SSSR count). The number of nitriles is 1. The van der Waals surface area contributed by atoms with Crippen LogP contribution in [0.5, 0.6) is 5.75 Å². The molecule has 0 radical (unpaired) electrons. The summed E-state index contributed by atoms with van der Waals surface area (Å²) in [6.07, 6.45) is 0. The summed E-state index contributed by atoms with van der Waals surface area (Å²) in [5.74, 6) is -0.348. The predicted octanol–water partition coefficient (Wildman–Crippen LogP) is 1.94. The number of carbonyl (C=O) groups excluding carboxylic acids is 2. The van der Waals surface area contributed by atoms with E-state index in [2.05, 4.69) is 10.6 Å². The van der Waals surface area contributed by atoms with Crippen LogP contribution in [0, 0.1) is 11.3 Å². The van der Waals surface area contributed by atoms with Crippen molar-refractivity contribution in [3.63, 3.8) is 0 Å². The van der Waals surface area contributed by atoms with Crippen LogP contribution < -0.4 is 15.4 Å². The van der Waals surface area contributed by atoms with E-state index in [0.29, 0.717) is 22.6 Å². The molecule has 2 aromatic rings. The minimum Gasteiger partial charge on any atom is -0.496 e. The highest BCUT2D eigenvalue weighted by Crippen LogP contribution is 2.16. The number of nitrogens with zero attached hydrogens (tertiary/aromatic N) is 1. The molecule has 0 aliphatic heterocycles. The number of rotatable bonds is 5. The van der Waals surface area contributed by atoms with Gasteiger partial charge in [0, 0.05) is 5.69 Å². The zero-order valence-corrected chi connectivity index (χ0v) is 12.5. The van der Waals surface area contributed by atoms with Crippen molar-refractivity contribution in [3.05, 3.63) is 59.7 Å². The summed E-state index contributed by atoms with van der Waals surface area (Å²) in [6.45, 7) is -0.187. The fraction of sp³-hybridized carbons (Fsp3) is 0.118. The van der Waals surface area contributed by atoms with Crippen LogP contribution in [0.25, 0.3) is 0 Å². The molecule has 0 aromatic heterocycles. The lowest BCUT2D eigenvalue weighted by Gasteiger charge is -2.09. The minimum absolute atomic E-state index is 0.187. The van der Waals surface area contributed by atoms with E-state index < -0.39 is 5.91 Å². The zero-order chi connectivity index (χ0) is 16.7. The predicted molar refractivity (Wildman–Crippen MR) is 85.1 cm³/mol. The lowest BCUT2D eigenvalue weighted by Crippen LogP contribution is -2.33. The van der Waals surface area contributed by atoms with Gasteiger partial charge in [-0.05, 0) is 30.3 Å². The number of benzene rings is 2. The quantitative estimate of drug-likeness (QED) is 0.883. The molecule has 0 aliphatic rings. The first kappa shape index (κ1) is 16.0. The molecule has 0 atom stereocenters. The summed E-state index contributed by atoms with van der Waals surface area (Å²) in [4.78, 5) is 23.9. The maximum atomic E-state index is 12.1. The average molecular weight is 309 g/mol. The molecular weight excluding hydrogens is 294 g/mol. The van der Waals surface area contributed by atoms with Crippen molar-refractivity contribution in [2.75, 3.05) is 19.0 Å². The largest absolute Gasteiger partial charge is 0.496 e. The van der Waals surface area contributed by atoms with Crippen molar-refractivity contribution < 1.29 is 14.3 Å². The first-order valence-electron chi connectivity index (χ1n) is 6.85. The van der Waals surface area contributed by atoms with Gasteiger partial charge in [-0.1, -0.05) is 18.2 Å². The van der Waals surface area contributed by atoms with Gasteiger partial charge in [0.1, 0.15) is 5.75 Å². The summed E-state index contributed by atoms with van der Waals surface area (Å²) in [7, 11) is 1.47. The second-order valence-corrected chi connectivity index (χ2v) is 4.62. The monoisotopic (exact) mass is 309 g/mol. The van der Waals surface area contributed by atoms with Gasteiger partial charge in [-0.15, -0.1) is 0 Å². The number of hydrogen-bond donors (Lipinski definition) is 2. The lowest BCUT2D eigenvalue weighted by molar-refractivity contribution is -0.115. The Bertz CT molecular complexity index is 766. The normalized spacial score (nSPS) is 9.57. The summed E-state index contributed by atoms with van der Waals surface area (Å²) in [6, 6.07) is 15.3. The average Bonchev–Trinajstić information content (AvgIpc) is 2.59. The highest BCUT2D eigenvalue weighted by atomic mass is 16.5. The Balaban J connectivity index is 1.94. The van der Waals surface area contributed by atoms with E-state index in [1.54, 1.807) is 48.5 Å². The van der Waals surface area contributed by atoms with Crippen molar-refractivity contribution in [1.29, 1.82) is 5.26 Å². The molecule has 0 unspecified atom stereocenters. The summed E-state index contributed by atoms with van der Waals surface area (Å²) < 4.78 is 5.10. The highest BCUT2D eigenvalue weighted by molar-refractivity contribution is 6.00. The molecule has 2 amide bonds. The molecular formula is C17H15N3O3. The number of amides is 2. The zero-order valence-electron chi connectivity index (χ0n) is 12.5. The van der Waals surface area contributed by atoms with Crippen LogP contribution >= 0.6 is 0 Å². The fourth-order valence-corrected chi connectivity index (χ4v) is 1.96. The van der Waals surface area contributed by atoms with E-state index in [9.17, 15) is 9.59 Å². The lowest BCUT2D eigenvalue weighted by atomic mass is 10.2. The van der Waals surface area contributed by atoms with Crippen molar-refractivity contribution in [2.24, 2.45) is 0 Å². The number of carbonyl (C=O) groups is 2. The molecule has 0 saturated carbocycles. The van der Waals surface area contributed by atoms with Gasteiger partial charge in [0.2, 0.25) is 5.91 Å². The fourth-order valence-electron chi connectivity index (χ4n) is 1.96. The van der Waals surface area contributed by atoms with Crippen LogP contribution in [0.1, 0.15) is 15.9 Å². The van der Waals surface area contributed by atoms with Gasteiger partial charge >= 0.3 is 0 Å². The third kappa shape index (κ3) is 4.32. The summed E-state index contributed by atoms with van der Waals surface area (Å²) >= 11 is 0. The van der Waals surface area contributed by atoms with E-state index in [-0.39, 0.29) is 12.5 Å². The Morgan fingerprint density at radius 1 is 1.17 bits per heavy atom. The number of anilines is 1. The van der Waals surface area contributed by atoms with Crippen LogP contribution in [0.15, 0.2) is 48.5 Å². The Labute approximate surface area is 133 Å². The molecule has 0 saturated heterocycles. The molecule has 23 heavy (non-hydrogen) atoms. The van der Waals surface area contributed by atoms with Crippen LogP contribution in [0.3, 0.4) is 0 Å². The number of para-hydroxylation sites is 1. The Morgan fingerprint density at radius 2 is 1.96 bits per heavy atom. The number of ether oxygens (including phenoxy) is 1. The molecule has 2 aromatic carbocycles. The van der Waals surface area contributed by atoms with Gasteiger partial charge in [0.25, 0.3) is 5.91 Å². The van der Waals surface area contributed by atoms with Gasteiger partial charge in [-0.3, -0.25) is 9.59 Å². The van der Waals surface area contributed by atoms with Crippen molar-refractivity contribution in [1.82, 2.24) is 5.32 Å². The number of methoxy groups -OCH3 is 1. The van der Waals surface area contributed by atoms with Crippen molar-refractivity contribution in [3.8, 4) is 11.8 Å². The summed E-state index contributed by atoms with van der Waals surface area (Å²) in [5, 5.41) is 14.0. The highest BCUT2D eigenvalue weighted by Gasteiger charge is 2.12. The SMILES string of the molecule is COc1ccccc1C(=O)NCC(=O)Nc1cccc(C#N)c1. The van der Waals surface area contributed by atoms with E-state index in [1.807, 2.05) is 6.07 Å². The molecule has 6 heteroatoms. The van der Waals surface area contributed by atoms with Crippen LogP contribution in [0.4, 0.5) is 5.69 Å². The van der Waals surface area contributed by atoms with Crippen LogP contribution in [-0.4, -0.2) is 25.5 Å². The standard InChI is InChI=1S/C17H15N3O3/c1-23-15-8-3-2-7-14(15)17(22)19-11-16(21)20-13-6-4-5-12(9-13)10-18/h2-9H,11H2,1H3,(H,19,22)(H,20,21). The third-order valence-corrected chi connectivity index (χ3v) is 3.04. The Hall–Kier alpha value is -3.33. The molecule has 6 nitrogen and oxygen atoms in total. The van der Waals surface area contributed by atoms with E-state index in [1.165, 1.54) is 7.11 Å². The third-order valence-electron chi connectivity index (χ3n) is 3.04. The molecule has 0 bridgehead atoms. The van der Waals surface area contributed by atoms with Gasteiger partial charge in [-0.2, -0.15) is 5.26 Å². The molecule has 116 valence electrons. The summed E-state index contributed by atoms with van der Waals surface area (Å²) in [5.41, 5.74) is 1.30. The first-order chi connectivity index (χ1) is 11.1. The molecule has 0 spiro atoms. The Morgan fingerprint density at radius 3 is 2.70 bits per heavy atom. The van der Waals surface area contributed by atoms with Crippen LogP contribution in [0.2, 0.25) is 0 Å². The van der Waals surface area contributed by atoms with Gasteiger partial charge in [0.05, 0.1) is 30.9 Å². The van der Waals surface area contributed by atoms with Crippen LogP contribution in [-0.2, 0) is 4.79 Å². The van der Waals surface area contributed by atoms with E-state index >= 15 is 0 Å². The molecule has 2 N–H and O–H groups in total. The number of nitrogens with one attached hydrogen (secondary N) is 2. The smallest absolute Gasteiger partial charge is 0.255 e. The maximum Gasteiger partial charge on any atom is 0.255 e. The first-order valence-corrected chi connectivity index (χ1v) is 6.85. The van der Waals surface area contributed by atoms with Crippen molar-refractivity contribution >= 4 is 17.5 Å². The topological polar surface area (TPSA) is 91.2 Å². The molecule has 0 fully saturated rings. The molecule has 0 heterocycles. The van der Waals surface area contributed by atoms with Gasteiger partial charge < -0.3 is 15.4 Å². The van der Waals surface area contributed by atoms with Crippen molar-refractivity contribution in [2.45, 2.75) is 0 Å². The second-order valence-electron chi connectivity index (χ2n) is 4.62. The molecule has 0 aliphatic carbocycles. The Kier molecular flexibility index (Phi) is 5.31. The van der Waals surface area contributed by atoms with Gasteiger partial charge in [-0.25, -0.2) is 0 Å². The van der Waals surface area contributed by atoms with E-state index in [4.69, 9.17) is 10.00 Å². The minimum atomic E-state index is -0.400. The van der Waals surface area contributed by atoms with E-state index in [0.717, 1.165) is 0 Å². The second kappa shape index (κ2) is 7.61. The number of hydrogen-bond acceptors (Lipinski definition) is 4. The maximum absolute atomic E-state index is 12.1.